The second-order valence-electron chi connectivity index (χ2n) is 6.75. The summed E-state index contributed by atoms with van der Waals surface area (Å²) in [6, 6.07) is 11.0. The molecule has 0 aliphatic carbocycles. The number of nitrogens with zero attached hydrogens (tertiary/aromatic N) is 2. The molecule has 1 aliphatic rings. The number of fused-ring (bicyclic) bond motifs is 1. The number of hydrogen-bond acceptors (Lipinski definition) is 2. The molecule has 0 bridgehead atoms. The molecule has 8 heteroatoms. The average Bonchev–Trinajstić information content (AvgIpc) is 2.63. The number of pyridine rings is 1. The minimum Gasteiger partial charge on any atom is -0.329 e. The third kappa shape index (κ3) is 3.26. The summed E-state index contributed by atoms with van der Waals surface area (Å²) in [5.74, 6) is -3.98. The molecule has 0 N–H and O–H groups in total. The molecule has 4 nitrogen and oxygen atoms in total. The van der Waals surface area contributed by atoms with Gasteiger partial charge in [-0.15, -0.1) is 0 Å². The van der Waals surface area contributed by atoms with Crippen LogP contribution in [0, 0.1) is 5.82 Å². The lowest BCUT2D eigenvalue weighted by Gasteiger charge is -2.38. The van der Waals surface area contributed by atoms with Crippen molar-refractivity contribution in [2.24, 2.45) is 0 Å². The van der Waals surface area contributed by atoms with Crippen molar-refractivity contribution < 1.29 is 18.0 Å². The molecule has 0 spiro atoms. The van der Waals surface area contributed by atoms with Crippen LogP contribution >= 0.6 is 11.6 Å². The largest absolute Gasteiger partial charge is 0.329 e. The maximum atomic E-state index is 13.5. The summed E-state index contributed by atoms with van der Waals surface area (Å²) < 4.78 is 40.6. The Labute approximate surface area is 162 Å². The first-order valence-corrected chi connectivity index (χ1v) is 8.86. The van der Waals surface area contributed by atoms with Gasteiger partial charge in [0.2, 0.25) is 5.91 Å². The van der Waals surface area contributed by atoms with E-state index in [2.05, 4.69) is 0 Å². The smallest absolute Gasteiger partial charge is 0.282 e. The fraction of sp³-hybridized carbons (Fsp3) is 0.200. The van der Waals surface area contributed by atoms with E-state index in [9.17, 15) is 22.8 Å². The van der Waals surface area contributed by atoms with E-state index >= 15 is 0 Å². The summed E-state index contributed by atoms with van der Waals surface area (Å²) >= 11 is 5.87. The van der Waals surface area contributed by atoms with E-state index in [1.165, 1.54) is 29.0 Å². The van der Waals surface area contributed by atoms with E-state index in [0.29, 0.717) is 21.9 Å². The van der Waals surface area contributed by atoms with Gasteiger partial charge in [0, 0.05) is 6.20 Å². The standard InChI is InChI=1S/C20H14ClF3N2O2/c21-15-8-13(4-5-16(15)22)14-3-1-2-12-6-7-25(19(28)18(12)14)9-17(27)26-10-20(23,24)11-26/h1-8H,9-11H2. The number of likely N-dealkylation sites (tertiary alicyclic amines) is 1. The summed E-state index contributed by atoms with van der Waals surface area (Å²) in [5, 5.41) is 0.913. The first-order chi connectivity index (χ1) is 13.2. The van der Waals surface area contributed by atoms with E-state index in [1.54, 1.807) is 24.3 Å². The van der Waals surface area contributed by atoms with Crippen molar-refractivity contribution in [2.45, 2.75) is 12.5 Å². The van der Waals surface area contributed by atoms with Crippen LogP contribution in [-0.4, -0.2) is 34.4 Å². The van der Waals surface area contributed by atoms with Gasteiger partial charge in [0.1, 0.15) is 12.4 Å². The number of rotatable bonds is 3. The van der Waals surface area contributed by atoms with E-state index in [0.717, 1.165) is 4.90 Å². The molecule has 1 saturated heterocycles. The van der Waals surface area contributed by atoms with Crippen LogP contribution in [0.2, 0.25) is 5.02 Å². The van der Waals surface area contributed by atoms with Crippen LogP contribution in [0.25, 0.3) is 21.9 Å². The zero-order chi connectivity index (χ0) is 20.1. The minimum atomic E-state index is -2.86. The Morgan fingerprint density at radius 3 is 2.57 bits per heavy atom. The normalized spacial score (nSPS) is 15.5. The molecule has 1 aromatic heterocycles. The van der Waals surface area contributed by atoms with Gasteiger partial charge in [-0.25, -0.2) is 13.2 Å². The van der Waals surface area contributed by atoms with Crippen LogP contribution in [0.1, 0.15) is 0 Å². The van der Waals surface area contributed by atoms with Crippen molar-refractivity contribution in [3.05, 3.63) is 69.9 Å². The van der Waals surface area contributed by atoms with Gasteiger partial charge in [0.25, 0.3) is 11.5 Å². The van der Waals surface area contributed by atoms with Gasteiger partial charge in [0.15, 0.2) is 0 Å². The maximum Gasteiger partial charge on any atom is 0.282 e. The van der Waals surface area contributed by atoms with E-state index in [4.69, 9.17) is 11.6 Å². The second kappa shape index (κ2) is 6.67. The molecule has 28 heavy (non-hydrogen) atoms. The number of carbonyl (C=O) groups excluding carboxylic acids is 1. The Hall–Kier alpha value is -2.80. The SMILES string of the molecule is O=C(Cn1ccc2cccc(-c3ccc(F)c(Cl)c3)c2c1=O)N1CC(F)(F)C1. The number of hydrogen-bond donors (Lipinski definition) is 0. The summed E-state index contributed by atoms with van der Waals surface area (Å²) in [5.41, 5.74) is 0.663. The minimum absolute atomic E-state index is 0.0698. The summed E-state index contributed by atoms with van der Waals surface area (Å²) in [7, 11) is 0. The van der Waals surface area contributed by atoms with Gasteiger partial charge in [-0.2, -0.15) is 0 Å². The Morgan fingerprint density at radius 1 is 1.14 bits per heavy atom. The number of alkyl halides is 2. The van der Waals surface area contributed by atoms with Gasteiger partial charge in [0.05, 0.1) is 23.5 Å². The number of amides is 1. The Balaban J connectivity index is 1.75. The summed E-state index contributed by atoms with van der Waals surface area (Å²) in [6.45, 7) is -1.59. The lowest BCUT2D eigenvalue weighted by atomic mass is 9.99. The molecule has 2 heterocycles. The van der Waals surface area contributed by atoms with E-state index in [-0.39, 0.29) is 11.6 Å². The zero-order valence-electron chi connectivity index (χ0n) is 14.5. The molecular formula is C20H14ClF3N2O2. The van der Waals surface area contributed by atoms with E-state index < -0.39 is 36.3 Å². The number of aromatic nitrogens is 1. The van der Waals surface area contributed by atoms with Crippen molar-refractivity contribution in [1.29, 1.82) is 0 Å². The van der Waals surface area contributed by atoms with Gasteiger partial charge in [-0.3, -0.25) is 9.59 Å². The number of carbonyl (C=O) groups is 1. The van der Waals surface area contributed by atoms with Crippen molar-refractivity contribution in [3.63, 3.8) is 0 Å². The van der Waals surface area contributed by atoms with Gasteiger partial charge >= 0.3 is 0 Å². The summed E-state index contributed by atoms with van der Waals surface area (Å²) in [6.07, 6.45) is 1.46. The first-order valence-electron chi connectivity index (χ1n) is 8.48. The lowest BCUT2D eigenvalue weighted by molar-refractivity contribution is -0.166. The topological polar surface area (TPSA) is 42.3 Å². The lowest BCUT2D eigenvalue weighted by Crippen LogP contribution is -2.59. The van der Waals surface area contributed by atoms with Crippen LogP contribution in [0.4, 0.5) is 13.2 Å². The van der Waals surface area contributed by atoms with Gasteiger partial charge in [-0.1, -0.05) is 35.9 Å². The quantitative estimate of drug-likeness (QED) is 0.661. The van der Waals surface area contributed by atoms with Crippen LogP contribution in [0.5, 0.6) is 0 Å². The molecule has 0 unspecified atom stereocenters. The van der Waals surface area contributed by atoms with Crippen molar-refractivity contribution >= 4 is 28.3 Å². The third-order valence-corrected chi connectivity index (χ3v) is 5.03. The highest BCUT2D eigenvalue weighted by Gasteiger charge is 2.46. The Bertz CT molecular complexity index is 1150. The highest BCUT2D eigenvalue weighted by molar-refractivity contribution is 6.31. The molecular weight excluding hydrogens is 393 g/mol. The molecule has 0 saturated carbocycles. The number of benzene rings is 2. The maximum absolute atomic E-state index is 13.5. The van der Waals surface area contributed by atoms with E-state index in [1.807, 2.05) is 0 Å². The predicted molar refractivity (Wildman–Crippen MR) is 100 cm³/mol. The molecule has 4 rings (SSSR count). The highest BCUT2D eigenvalue weighted by atomic mass is 35.5. The van der Waals surface area contributed by atoms with Gasteiger partial charge < -0.3 is 9.47 Å². The molecule has 2 aromatic carbocycles. The van der Waals surface area contributed by atoms with Gasteiger partial charge in [-0.05, 0) is 34.7 Å². The molecule has 3 aromatic rings. The van der Waals surface area contributed by atoms with Crippen molar-refractivity contribution in [2.75, 3.05) is 13.1 Å². The van der Waals surface area contributed by atoms with Crippen molar-refractivity contribution in [1.82, 2.24) is 9.47 Å². The summed E-state index contributed by atoms with van der Waals surface area (Å²) in [4.78, 5) is 26.2. The van der Waals surface area contributed by atoms with Crippen LogP contribution < -0.4 is 5.56 Å². The second-order valence-corrected chi connectivity index (χ2v) is 7.16. The number of halogens is 4. The molecule has 0 radical (unpaired) electrons. The molecule has 1 amide bonds. The fourth-order valence-electron chi connectivity index (χ4n) is 3.29. The molecule has 144 valence electrons. The van der Waals surface area contributed by atoms with Crippen LogP contribution in [-0.2, 0) is 11.3 Å². The fourth-order valence-corrected chi connectivity index (χ4v) is 3.47. The van der Waals surface area contributed by atoms with Crippen LogP contribution in [0.15, 0.2) is 53.5 Å². The predicted octanol–water partition coefficient (Wildman–Crippen LogP) is 3.94. The zero-order valence-corrected chi connectivity index (χ0v) is 15.2. The van der Waals surface area contributed by atoms with Crippen LogP contribution in [0.3, 0.4) is 0 Å². The van der Waals surface area contributed by atoms with Crippen molar-refractivity contribution in [3.8, 4) is 11.1 Å². The monoisotopic (exact) mass is 406 g/mol. The molecule has 1 aliphatic heterocycles. The average molecular weight is 407 g/mol. The molecule has 0 atom stereocenters. The molecule has 1 fully saturated rings. The Kier molecular flexibility index (Phi) is 4.42. The Morgan fingerprint density at radius 2 is 1.89 bits per heavy atom. The third-order valence-electron chi connectivity index (χ3n) is 4.74. The highest BCUT2D eigenvalue weighted by Crippen LogP contribution is 2.30. The first kappa shape index (κ1) is 18.6.